The lowest BCUT2D eigenvalue weighted by Crippen LogP contribution is -2.41. The first-order chi connectivity index (χ1) is 10.6. The molecule has 22 heavy (non-hydrogen) atoms. The highest BCUT2D eigenvalue weighted by Gasteiger charge is 2.27. The molecule has 6 heteroatoms. The number of amides is 1. The average Bonchev–Trinajstić information content (AvgIpc) is 2.56. The lowest BCUT2D eigenvalue weighted by atomic mass is 9.97. The van der Waals surface area contributed by atoms with Crippen molar-refractivity contribution in [2.75, 3.05) is 26.0 Å². The van der Waals surface area contributed by atoms with Gasteiger partial charge in [0.1, 0.15) is 0 Å². The van der Waals surface area contributed by atoms with Crippen molar-refractivity contribution in [2.24, 2.45) is 5.92 Å². The molecular weight excluding hydrogens is 322 g/mol. The van der Waals surface area contributed by atoms with Crippen molar-refractivity contribution in [3.8, 4) is 0 Å². The molecule has 2 rings (SSSR count). The third-order valence-corrected chi connectivity index (χ3v) is 5.03. The van der Waals surface area contributed by atoms with Crippen molar-refractivity contribution in [1.82, 2.24) is 4.90 Å². The van der Waals surface area contributed by atoms with E-state index in [0.29, 0.717) is 31.7 Å². The molecule has 0 unspecified atom stereocenters. The number of methoxy groups -OCH3 is 1. The van der Waals surface area contributed by atoms with Crippen LogP contribution in [0.5, 0.6) is 0 Å². The molecule has 1 aliphatic heterocycles. The Kier molecular flexibility index (Phi) is 6.58. The number of esters is 1. The fourth-order valence-corrected chi connectivity index (χ4v) is 3.47. The zero-order valence-corrected chi connectivity index (χ0v) is 14.2. The summed E-state index contributed by atoms with van der Waals surface area (Å²) in [7, 11) is 1.41. The van der Waals surface area contributed by atoms with Gasteiger partial charge in [0.2, 0.25) is 5.91 Å². The second-order valence-corrected chi connectivity index (χ2v) is 6.72. The quantitative estimate of drug-likeness (QED) is 0.772. The normalized spacial score (nSPS) is 15.6. The highest BCUT2D eigenvalue weighted by Crippen LogP contribution is 2.20. The van der Waals surface area contributed by atoms with Gasteiger partial charge >= 0.3 is 5.97 Å². The number of benzene rings is 1. The van der Waals surface area contributed by atoms with Gasteiger partial charge in [0.15, 0.2) is 0 Å². The Labute approximate surface area is 140 Å². The van der Waals surface area contributed by atoms with Crippen LogP contribution in [0.2, 0.25) is 5.02 Å². The Morgan fingerprint density at radius 2 is 1.91 bits per heavy atom. The molecule has 0 saturated carbocycles. The van der Waals surface area contributed by atoms with Gasteiger partial charge in [-0.25, -0.2) is 0 Å². The van der Waals surface area contributed by atoms with Gasteiger partial charge in [-0.05, 0) is 30.5 Å². The van der Waals surface area contributed by atoms with E-state index in [1.54, 1.807) is 11.8 Å². The van der Waals surface area contributed by atoms with Crippen LogP contribution < -0.4 is 0 Å². The first kappa shape index (κ1) is 17.2. The predicted octanol–water partition coefficient (Wildman–Crippen LogP) is 2.98. The molecule has 1 saturated heterocycles. The molecule has 0 N–H and O–H groups in total. The summed E-state index contributed by atoms with van der Waals surface area (Å²) in [4.78, 5) is 25.5. The Hall–Kier alpha value is -1.20. The van der Waals surface area contributed by atoms with Gasteiger partial charge in [-0.15, -0.1) is 11.8 Å². The van der Waals surface area contributed by atoms with Gasteiger partial charge in [0.05, 0.1) is 18.8 Å². The van der Waals surface area contributed by atoms with Crippen LogP contribution in [0.25, 0.3) is 0 Å². The van der Waals surface area contributed by atoms with Crippen LogP contribution in [0.4, 0.5) is 0 Å². The van der Waals surface area contributed by atoms with E-state index in [2.05, 4.69) is 0 Å². The first-order valence-corrected chi connectivity index (χ1v) is 8.81. The highest BCUT2D eigenvalue weighted by atomic mass is 35.5. The van der Waals surface area contributed by atoms with Gasteiger partial charge in [-0.3, -0.25) is 9.59 Å². The molecule has 1 aliphatic rings. The van der Waals surface area contributed by atoms with Crippen LogP contribution in [0, 0.1) is 5.92 Å². The van der Waals surface area contributed by atoms with E-state index >= 15 is 0 Å². The topological polar surface area (TPSA) is 46.6 Å². The number of nitrogens with zero attached hydrogens (tertiary/aromatic N) is 1. The van der Waals surface area contributed by atoms with Crippen LogP contribution in [-0.2, 0) is 20.1 Å². The summed E-state index contributed by atoms with van der Waals surface area (Å²) < 4.78 is 4.75. The summed E-state index contributed by atoms with van der Waals surface area (Å²) in [6, 6.07) is 7.66. The monoisotopic (exact) mass is 341 g/mol. The number of piperidine rings is 1. The zero-order chi connectivity index (χ0) is 15.9. The van der Waals surface area contributed by atoms with E-state index in [-0.39, 0.29) is 17.8 Å². The Bertz CT molecular complexity index is 513. The summed E-state index contributed by atoms with van der Waals surface area (Å²) >= 11 is 7.44. The Morgan fingerprint density at radius 3 is 2.50 bits per heavy atom. The van der Waals surface area contributed by atoms with Crippen LogP contribution in [0.15, 0.2) is 24.3 Å². The number of ether oxygens (including phenoxy) is 1. The van der Waals surface area contributed by atoms with Gasteiger partial charge in [-0.1, -0.05) is 23.7 Å². The molecular formula is C16H20ClNO3S. The van der Waals surface area contributed by atoms with E-state index in [9.17, 15) is 9.59 Å². The summed E-state index contributed by atoms with van der Waals surface area (Å²) in [6.07, 6.45) is 1.39. The van der Waals surface area contributed by atoms with Crippen molar-refractivity contribution >= 4 is 35.2 Å². The minimum Gasteiger partial charge on any atom is -0.469 e. The fourth-order valence-electron chi connectivity index (χ4n) is 2.46. The molecule has 0 aromatic heterocycles. The maximum atomic E-state index is 12.2. The van der Waals surface area contributed by atoms with Crippen molar-refractivity contribution in [3.05, 3.63) is 34.9 Å². The predicted molar refractivity (Wildman–Crippen MR) is 88.9 cm³/mol. The summed E-state index contributed by atoms with van der Waals surface area (Å²) in [5.41, 5.74) is 1.16. The van der Waals surface area contributed by atoms with E-state index in [4.69, 9.17) is 16.3 Å². The molecule has 0 spiro atoms. The second-order valence-electron chi connectivity index (χ2n) is 5.30. The number of halogens is 1. The minimum atomic E-state index is -0.163. The molecule has 0 radical (unpaired) electrons. The molecule has 120 valence electrons. The number of carbonyl (C=O) groups is 2. The number of thioether (sulfide) groups is 1. The number of carbonyl (C=O) groups excluding carboxylic acids is 2. The van der Waals surface area contributed by atoms with Crippen LogP contribution in [-0.4, -0.2) is 42.7 Å². The van der Waals surface area contributed by atoms with E-state index in [1.165, 1.54) is 7.11 Å². The molecule has 1 amide bonds. The van der Waals surface area contributed by atoms with Crippen molar-refractivity contribution in [3.63, 3.8) is 0 Å². The smallest absolute Gasteiger partial charge is 0.308 e. The van der Waals surface area contributed by atoms with Gasteiger partial charge in [-0.2, -0.15) is 0 Å². The van der Waals surface area contributed by atoms with Crippen molar-refractivity contribution in [2.45, 2.75) is 18.6 Å². The molecule has 1 fully saturated rings. The minimum absolute atomic E-state index is 0.0595. The van der Waals surface area contributed by atoms with Crippen LogP contribution >= 0.6 is 23.4 Å². The molecule has 0 aliphatic carbocycles. The van der Waals surface area contributed by atoms with E-state index in [1.807, 2.05) is 29.2 Å². The number of likely N-dealkylation sites (tertiary alicyclic amines) is 1. The van der Waals surface area contributed by atoms with E-state index in [0.717, 1.165) is 16.3 Å². The largest absolute Gasteiger partial charge is 0.469 e. The standard InChI is InChI=1S/C16H20ClNO3S/c1-21-16(20)13-6-8-18(9-7-13)15(19)11-22-10-12-2-4-14(17)5-3-12/h2-5,13H,6-11H2,1H3. The number of rotatable bonds is 5. The summed E-state index contributed by atoms with van der Waals surface area (Å²) in [5.74, 6) is 1.18. The van der Waals surface area contributed by atoms with Crippen LogP contribution in [0.1, 0.15) is 18.4 Å². The first-order valence-electron chi connectivity index (χ1n) is 7.28. The van der Waals surface area contributed by atoms with Gasteiger partial charge in [0, 0.05) is 23.9 Å². The Balaban J connectivity index is 1.70. The molecule has 1 heterocycles. The molecule has 1 aromatic carbocycles. The van der Waals surface area contributed by atoms with Crippen molar-refractivity contribution < 1.29 is 14.3 Å². The summed E-state index contributed by atoms with van der Waals surface area (Å²) in [5, 5.41) is 0.721. The van der Waals surface area contributed by atoms with E-state index < -0.39 is 0 Å². The SMILES string of the molecule is COC(=O)C1CCN(C(=O)CSCc2ccc(Cl)cc2)CC1. The highest BCUT2D eigenvalue weighted by molar-refractivity contribution is 7.99. The molecule has 4 nitrogen and oxygen atoms in total. The summed E-state index contributed by atoms with van der Waals surface area (Å²) in [6.45, 7) is 1.28. The Morgan fingerprint density at radius 1 is 1.27 bits per heavy atom. The van der Waals surface area contributed by atoms with Crippen molar-refractivity contribution in [1.29, 1.82) is 0 Å². The van der Waals surface area contributed by atoms with Gasteiger partial charge in [0.25, 0.3) is 0 Å². The zero-order valence-electron chi connectivity index (χ0n) is 12.6. The maximum absolute atomic E-state index is 12.2. The fraction of sp³-hybridized carbons (Fsp3) is 0.500. The molecule has 0 atom stereocenters. The third kappa shape index (κ3) is 4.92. The average molecular weight is 342 g/mol. The second kappa shape index (κ2) is 8.44. The number of hydrogen-bond acceptors (Lipinski definition) is 4. The third-order valence-electron chi connectivity index (χ3n) is 3.79. The molecule has 0 bridgehead atoms. The maximum Gasteiger partial charge on any atom is 0.308 e. The number of hydrogen-bond donors (Lipinski definition) is 0. The lowest BCUT2D eigenvalue weighted by Gasteiger charge is -2.30. The lowest BCUT2D eigenvalue weighted by molar-refractivity contribution is -0.148. The van der Waals surface area contributed by atoms with Crippen LogP contribution in [0.3, 0.4) is 0 Å². The van der Waals surface area contributed by atoms with Gasteiger partial charge < -0.3 is 9.64 Å². The molecule has 1 aromatic rings.